The number of aryl methyl sites for hydroxylation is 1. The maximum absolute atomic E-state index is 12.8. The number of nitrogens with one attached hydrogen (secondary N) is 1. The minimum absolute atomic E-state index is 0. The van der Waals surface area contributed by atoms with Gasteiger partial charge in [-0.1, -0.05) is 6.42 Å². The van der Waals surface area contributed by atoms with Gasteiger partial charge >= 0.3 is 0 Å². The molecule has 2 fully saturated rings. The van der Waals surface area contributed by atoms with Gasteiger partial charge in [-0.05, 0) is 31.9 Å². The Morgan fingerprint density at radius 1 is 1.28 bits per heavy atom. The molecule has 1 N–H and O–H groups in total. The van der Waals surface area contributed by atoms with E-state index in [4.69, 9.17) is 0 Å². The van der Waals surface area contributed by atoms with Gasteiger partial charge in [0, 0.05) is 46.0 Å². The van der Waals surface area contributed by atoms with Crippen LogP contribution < -0.4 is 5.32 Å². The smallest absolute Gasteiger partial charge is 0.270 e. The zero-order valence-corrected chi connectivity index (χ0v) is 16.4. The van der Waals surface area contributed by atoms with Gasteiger partial charge in [-0.25, -0.2) is 8.42 Å². The van der Waals surface area contributed by atoms with E-state index in [1.54, 1.807) is 29.8 Å². The van der Waals surface area contributed by atoms with Crippen LogP contribution in [-0.4, -0.2) is 67.4 Å². The SMILES string of the molecule is CN(C(=O)c1cc(S(=O)(=O)N2CCCCC2)cn1C)C1CCNC1.Cl. The highest BCUT2D eigenvalue weighted by molar-refractivity contribution is 7.89. The number of carbonyl (C=O) groups is 1. The summed E-state index contributed by atoms with van der Waals surface area (Å²) in [7, 11) is -0.00360. The van der Waals surface area contributed by atoms with E-state index >= 15 is 0 Å². The number of carbonyl (C=O) groups excluding carboxylic acids is 1. The van der Waals surface area contributed by atoms with E-state index in [2.05, 4.69) is 5.32 Å². The first-order valence-electron chi connectivity index (χ1n) is 8.55. The average molecular weight is 391 g/mol. The highest BCUT2D eigenvalue weighted by atomic mass is 35.5. The van der Waals surface area contributed by atoms with Crippen LogP contribution >= 0.6 is 12.4 Å². The number of likely N-dealkylation sites (N-methyl/N-ethyl adjacent to an activating group) is 1. The normalized spacial score (nSPS) is 21.8. The first-order valence-corrected chi connectivity index (χ1v) is 9.99. The first-order chi connectivity index (χ1) is 11.4. The molecule has 1 atom stereocenters. The predicted molar refractivity (Wildman–Crippen MR) is 98.6 cm³/mol. The fourth-order valence-corrected chi connectivity index (χ4v) is 5.05. The molecule has 2 saturated heterocycles. The zero-order valence-electron chi connectivity index (χ0n) is 14.8. The van der Waals surface area contributed by atoms with Crippen molar-refractivity contribution in [2.45, 2.75) is 36.6 Å². The molecule has 1 aromatic heterocycles. The summed E-state index contributed by atoms with van der Waals surface area (Å²) in [5.41, 5.74) is 0.417. The van der Waals surface area contributed by atoms with Crippen LogP contribution in [-0.2, 0) is 17.1 Å². The fourth-order valence-electron chi connectivity index (χ4n) is 3.46. The van der Waals surface area contributed by atoms with Crippen molar-refractivity contribution in [1.29, 1.82) is 0 Å². The number of nitrogens with zero attached hydrogens (tertiary/aromatic N) is 3. The second-order valence-corrected chi connectivity index (χ2v) is 8.64. The Bertz CT molecular complexity index is 707. The van der Waals surface area contributed by atoms with Crippen LogP contribution in [0.1, 0.15) is 36.2 Å². The number of piperidine rings is 1. The Morgan fingerprint density at radius 2 is 1.96 bits per heavy atom. The number of sulfonamides is 1. The Labute approximate surface area is 155 Å². The molecule has 0 spiro atoms. The Hall–Kier alpha value is -1.09. The molecule has 0 aromatic carbocycles. The second kappa shape index (κ2) is 8.07. The lowest BCUT2D eigenvalue weighted by Gasteiger charge is -2.25. The number of halogens is 1. The third-order valence-electron chi connectivity index (χ3n) is 5.05. The molecule has 142 valence electrons. The van der Waals surface area contributed by atoms with Gasteiger partial charge in [-0.15, -0.1) is 12.4 Å². The third-order valence-corrected chi connectivity index (χ3v) is 6.92. The molecular weight excluding hydrogens is 364 g/mol. The van der Waals surface area contributed by atoms with Crippen molar-refractivity contribution in [1.82, 2.24) is 19.1 Å². The van der Waals surface area contributed by atoms with E-state index in [-0.39, 0.29) is 29.3 Å². The van der Waals surface area contributed by atoms with Crippen molar-refractivity contribution in [3.63, 3.8) is 0 Å². The average Bonchev–Trinajstić information content (AvgIpc) is 3.24. The van der Waals surface area contributed by atoms with Gasteiger partial charge < -0.3 is 14.8 Å². The van der Waals surface area contributed by atoms with E-state index in [1.807, 2.05) is 0 Å². The van der Waals surface area contributed by atoms with Crippen LogP contribution in [0.4, 0.5) is 0 Å². The summed E-state index contributed by atoms with van der Waals surface area (Å²) in [4.78, 5) is 14.7. The molecule has 25 heavy (non-hydrogen) atoms. The summed E-state index contributed by atoms with van der Waals surface area (Å²) in [6.07, 6.45) is 5.35. The number of hydrogen-bond donors (Lipinski definition) is 1. The molecule has 3 rings (SSSR count). The molecule has 1 amide bonds. The van der Waals surface area contributed by atoms with Gasteiger partial charge in [0.25, 0.3) is 5.91 Å². The molecule has 7 nitrogen and oxygen atoms in total. The van der Waals surface area contributed by atoms with Crippen molar-refractivity contribution in [2.75, 3.05) is 33.2 Å². The number of hydrogen-bond acceptors (Lipinski definition) is 4. The van der Waals surface area contributed by atoms with Crippen LogP contribution in [0.25, 0.3) is 0 Å². The molecule has 0 radical (unpaired) electrons. The van der Waals surface area contributed by atoms with Gasteiger partial charge in [0.05, 0.1) is 0 Å². The van der Waals surface area contributed by atoms with Gasteiger partial charge in [-0.3, -0.25) is 4.79 Å². The van der Waals surface area contributed by atoms with Crippen molar-refractivity contribution < 1.29 is 13.2 Å². The molecule has 2 aliphatic heterocycles. The van der Waals surface area contributed by atoms with Crippen molar-refractivity contribution >= 4 is 28.3 Å². The molecule has 3 heterocycles. The summed E-state index contributed by atoms with van der Waals surface area (Å²) in [6.45, 7) is 2.82. The largest absolute Gasteiger partial charge is 0.345 e. The van der Waals surface area contributed by atoms with Gasteiger partial charge in [0.2, 0.25) is 10.0 Å². The minimum Gasteiger partial charge on any atom is -0.345 e. The van der Waals surface area contributed by atoms with Crippen molar-refractivity contribution in [3.8, 4) is 0 Å². The van der Waals surface area contributed by atoms with E-state index in [0.717, 1.165) is 38.8 Å². The maximum atomic E-state index is 12.8. The lowest BCUT2D eigenvalue weighted by Crippen LogP contribution is -2.39. The lowest BCUT2D eigenvalue weighted by molar-refractivity contribution is 0.0734. The number of rotatable bonds is 4. The highest BCUT2D eigenvalue weighted by Gasteiger charge is 2.30. The minimum atomic E-state index is -3.51. The first kappa shape index (κ1) is 20.2. The summed E-state index contributed by atoms with van der Waals surface area (Å²) in [6, 6.07) is 1.68. The summed E-state index contributed by atoms with van der Waals surface area (Å²) < 4.78 is 28.7. The van der Waals surface area contributed by atoms with E-state index in [9.17, 15) is 13.2 Å². The fraction of sp³-hybridized carbons (Fsp3) is 0.688. The predicted octanol–water partition coefficient (Wildman–Crippen LogP) is 1.06. The van der Waals surface area contributed by atoms with E-state index < -0.39 is 10.0 Å². The molecule has 9 heteroatoms. The van der Waals surface area contributed by atoms with Gasteiger partial charge in [0.15, 0.2) is 0 Å². The lowest BCUT2D eigenvalue weighted by atomic mass is 10.2. The summed E-state index contributed by atoms with van der Waals surface area (Å²) >= 11 is 0. The van der Waals surface area contributed by atoms with E-state index in [1.165, 1.54) is 10.4 Å². The molecule has 1 unspecified atom stereocenters. The summed E-state index contributed by atoms with van der Waals surface area (Å²) in [5.74, 6) is -0.133. The van der Waals surface area contributed by atoms with Crippen LogP contribution in [0.5, 0.6) is 0 Å². The summed E-state index contributed by atoms with van der Waals surface area (Å²) in [5, 5.41) is 3.24. The maximum Gasteiger partial charge on any atom is 0.270 e. The van der Waals surface area contributed by atoms with Gasteiger partial charge in [0.1, 0.15) is 10.6 Å². The van der Waals surface area contributed by atoms with Crippen LogP contribution in [0, 0.1) is 0 Å². The molecule has 2 aliphatic rings. The highest BCUT2D eigenvalue weighted by Crippen LogP contribution is 2.23. The molecule has 0 bridgehead atoms. The quantitative estimate of drug-likeness (QED) is 0.834. The van der Waals surface area contributed by atoms with Gasteiger partial charge in [-0.2, -0.15) is 4.31 Å². The molecule has 0 saturated carbocycles. The molecular formula is C16H27ClN4O3S. The second-order valence-electron chi connectivity index (χ2n) is 6.70. The molecule has 0 aliphatic carbocycles. The third kappa shape index (κ3) is 4.02. The van der Waals surface area contributed by atoms with Crippen LogP contribution in [0.3, 0.4) is 0 Å². The monoisotopic (exact) mass is 390 g/mol. The Balaban J connectivity index is 0.00000225. The zero-order chi connectivity index (χ0) is 17.3. The van der Waals surface area contributed by atoms with Crippen molar-refractivity contribution in [3.05, 3.63) is 18.0 Å². The van der Waals surface area contributed by atoms with Crippen LogP contribution in [0.2, 0.25) is 0 Å². The Morgan fingerprint density at radius 3 is 2.56 bits per heavy atom. The van der Waals surface area contributed by atoms with Crippen LogP contribution in [0.15, 0.2) is 17.2 Å². The number of amides is 1. The number of aromatic nitrogens is 1. The Kier molecular flexibility index (Phi) is 6.53. The standard InChI is InChI=1S/C16H26N4O3S.ClH/c1-18-12-14(24(22,23)20-8-4-3-5-9-20)10-15(18)16(21)19(2)13-6-7-17-11-13;/h10,12-13,17H,3-9,11H2,1-2H3;1H. The van der Waals surface area contributed by atoms with E-state index in [0.29, 0.717) is 18.8 Å². The topological polar surface area (TPSA) is 74.7 Å². The molecule has 1 aromatic rings. The van der Waals surface area contributed by atoms with Crippen molar-refractivity contribution in [2.24, 2.45) is 7.05 Å².